The van der Waals surface area contributed by atoms with Crippen LogP contribution in [0.5, 0.6) is 0 Å². The maximum Gasteiger partial charge on any atom is 0.272 e. The highest BCUT2D eigenvalue weighted by molar-refractivity contribution is 6.39. The molecule has 1 unspecified atom stereocenters. The van der Waals surface area contributed by atoms with Crippen LogP contribution in [0.4, 0.5) is 11.4 Å². The van der Waals surface area contributed by atoms with Crippen LogP contribution in [0.15, 0.2) is 12.1 Å². The van der Waals surface area contributed by atoms with Crippen molar-refractivity contribution in [3.8, 4) is 0 Å². The molecule has 0 aliphatic heterocycles. The second kappa shape index (κ2) is 8.02. The maximum absolute atomic E-state index is 11.8. The summed E-state index contributed by atoms with van der Waals surface area (Å²) >= 11 is 11.9. The molecular formula is C12H15Cl2N3O4. The molecule has 0 heterocycles. The van der Waals surface area contributed by atoms with Crippen molar-refractivity contribution in [2.24, 2.45) is 0 Å². The van der Waals surface area contributed by atoms with E-state index in [9.17, 15) is 14.9 Å². The van der Waals surface area contributed by atoms with Crippen LogP contribution >= 0.6 is 23.2 Å². The Labute approximate surface area is 131 Å². The van der Waals surface area contributed by atoms with Crippen LogP contribution in [0.3, 0.4) is 0 Å². The first kappa shape index (κ1) is 17.5. The lowest BCUT2D eigenvalue weighted by atomic mass is 10.2. The molecule has 0 saturated heterocycles. The molecule has 7 nitrogen and oxygen atoms in total. The number of hydrogen-bond donors (Lipinski definition) is 2. The van der Waals surface area contributed by atoms with Crippen molar-refractivity contribution in [3.05, 3.63) is 32.3 Å². The summed E-state index contributed by atoms with van der Waals surface area (Å²) in [7, 11) is 1.53. The number of amides is 1. The molecule has 0 aliphatic carbocycles. The van der Waals surface area contributed by atoms with Gasteiger partial charge in [-0.1, -0.05) is 23.2 Å². The van der Waals surface area contributed by atoms with Crippen LogP contribution in [-0.2, 0) is 9.53 Å². The number of nitro groups is 1. The Morgan fingerprint density at radius 3 is 2.48 bits per heavy atom. The number of ether oxygens (including phenoxy) is 1. The summed E-state index contributed by atoms with van der Waals surface area (Å²) in [5.74, 6) is -0.266. The van der Waals surface area contributed by atoms with E-state index >= 15 is 0 Å². The second-order valence-electron chi connectivity index (χ2n) is 4.19. The van der Waals surface area contributed by atoms with Crippen LogP contribution in [0.25, 0.3) is 0 Å². The minimum absolute atomic E-state index is 0.0748. The van der Waals surface area contributed by atoms with Crippen molar-refractivity contribution in [1.82, 2.24) is 5.32 Å². The van der Waals surface area contributed by atoms with Gasteiger partial charge in [-0.3, -0.25) is 14.9 Å². The number of hydrogen-bond acceptors (Lipinski definition) is 5. The number of non-ortho nitro benzene ring substituents is 1. The molecule has 0 fully saturated rings. The number of nitrogens with zero attached hydrogens (tertiary/aromatic N) is 1. The van der Waals surface area contributed by atoms with E-state index in [1.54, 1.807) is 6.92 Å². The zero-order valence-corrected chi connectivity index (χ0v) is 13.0. The van der Waals surface area contributed by atoms with Crippen molar-refractivity contribution in [1.29, 1.82) is 0 Å². The molecule has 1 aromatic carbocycles. The molecule has 0 radical (unpaired) electrons. The highest BCUT2D eigenvalue weighted by atomic mass is 35.5. The molecule has 1 aromatic rings. The smallest absolute Gasteiger partial charge is 0.272 e. The molecule has 2 N–H and O–H groups in total. The van der Waals surface area contributed by atoms with Gasteiger partial charge < -0.3 is 15.4 Å². The van der Waals surface area contributed by atoms with Gasteiger partial charge in [0, 0.05) is 25.8 Å². The molecule has 0 saturated carbocycles. The summed E-state index contributed by atoms with van der Waals surface area (Å²) in [6, 6.07) is 1.73. The fourth-order valence-electron chi connectivity index (χ4n) is 1.51. The highest BCUT2D eigenvalue weighted by Crippen LogP contribution is 2.35. The number of rotatable bonds is 7. The molecule has 0 spiro atoms. The van der Waals surface area contributed by atoms with Crippen molar-refractivity contribution in [2.45, 2.75) is 13.0 Å². The number of carbonyl (C=O) groups is 1. The zero-order valence-electron chi connectivity index (χ0n) is 11.5. The summed E-state index contributed by atoms with van der Waals surface area (Å²) in [5.41, 5.74) is 0.0612. The van der Waals surface area contributed by atoms with Crippen molar-refractivity contribution in [3.63, 3.8) is 0 Å². The first-order valence-corrected chi connectivity index (χ1v) is 6.79. The molecular weight excluding hydrogens is 321 g/mol. The summed E-state index contributed by atoms with van der Waals surface area (Å²) in [6.45, 7) is 2.40. The SMILES string of the molecule is COCCNC(=O)C(C)Nc1c(Cl)cc([N+](=O)[O-])cc1Cl. The molecule has 0 bridgehead atoms. The van der Waals surface area contributed by atoms with Gasteiger partial charge in [0.1, 0.15) is 6.04 Å². The Balaban J connectivity index is 2.78. The fourth-order valence-corrected chi connectivity index (χ4v) is 2.10. The fraction of sp³-hybridized carbons (Fsp3) is 0.417. The predicted molar refractivity (Wildman–Crippen MR) is 81.1 cm³/mol. The van der Waals surface area contributed by atoms with E-state index in [1.165, 1.54) is 19.2 Å². The number of methoxy groups -OCH3 is 1. The number of carbonyl (C=O) groups excluding carboxylic acids is 1. The molecule has 1 rings (SSSR count). The molecule has 116 valence electrons. The quantitative estimate of drug-likeness (QED) is 0.453. The minimum Gasteiger partial charge on any atom is -0.383 e. The van der Waals surface area contributed by atoms with Gasteiger partial charge >= 0.3 is 0 Å². The Morgan fingerprint density at radius 2 is 2.00 bits per heavy atom. The van der Waals surface area contributed by atoms with Crippen LogP contribution in [0.2, 0.25) is 10.0 Å². The number of nitrogens with one attached hydrogen (secondary N) is 2. The third kappa shape index (κ3) is 5.04. The van der Waals surface area contributed by atoms with Crippen LogP contribution in [0, 0.1) is 10.1 Å². The minimum atomic E-state index is -0.613. The van der Waals surface area contributed by atoms with Gasteiger partial charge in [-0.2, -0.15) is 0 Å². The molecule has 9 heteroatoms. The van der Waals surface area contributed by atoms with Crippen LogP contribution in [0.1, 0.15) is 6.92 Å². The van der Waals surface area contributed by atoms with E-state index in [0.29, 0.717) is 13.2 Å². The third-order valence-electron chi connectivity index (χ3n) is 2.60. The average Bonchev–Trinajstić information content (AvgIpc) is 2.42. The van der Waals surface area contributed by atoms with E-state index in [4.69, 9.17) is 27.9 Å². The van der Waals surface area contributed by atoms with Crippen molar-refractivity contribution in [2.75, 3.05) is 25.6 Å². The normalized spacial score (nSPS) is 11.8. The van der Waals surface area contributed by atoms with E-state index in [1.807, 2.05) is 0 Å². The Hall–Kier alpha value is -1.57. The van der Waals surface area contributed by atoms with Gasteiger partial charge in [0.25, 0.3) is 5.69 Å². The predicted octanol–water partition coefficient (Wildman–Crippen LogP) is 2.46. The Kier molecular flexibility index (Phi) is 6.67. The highest BCUT2D eigenvalue weighted by Gasteiger charge is 2.18. The topological polar surface area (TPSA) is 93.5 Å². The molecule has 0 aliphatic rings. The van der Waals surface area contributed by atoms with E-state index in [0.717, 1.165) is 0 Å². The summed E-state index contributed by atoms with van der Waals surface area (Å²) < 4.78 is 4.82. The van der Waals surface area contributed by atoms with Gasteiger partial charge in [0.15, 0.2) is 0 Å². The van der Waals surface area contributed by atoms with Gasteiger partial charge in [0.05, 0.1) is 27.3 Å². The Bertz CT molecular complexity index is 516. The molecule has 1 atom stereocenters. The van der Waals surface area contributed by atoms with E-state index in [2.05, 4.69) is 10.6 Å². The lowest BCUT2D eigenvalue weighted by Gasteiger charge is -2.17. The first-order valence-electron chi connectivity index (χ1n) is 6.03. The number of benzene rings is 1. The molecule has 0 aromatic heterocycles. The van der Waals surface area contributed by atoms with Crippen molar-refractivity contribution < 1.29 is 14.5 Å². The lowest BCUT2D eigenvalue weighted by Crippen LogP contribution is -2.39. The summed E-state index contributed by atoms with van der Waals surface area (Å²) in [4.78, 5) is 21.9. The number of anilines is 1. The first-order chi connectivity index (χ1) is 9.86. The van der Waals surface area contributed by atoms with Gasteiger partial charge in [-0.25, -0.2) is 0 Å². The van der Waals surface area contributed by atoms with Crippen LogP contribution in [-0.4, -0.2) is 37.1 Å². The largest absolute Gasteiger partial charge is 0.383 e. The summed E-state index contributed by atoms with van der Waals surface area (Å²) in [5, 5.41) is 16.3. The molecule has 21 heavy (non-hydrogen) atoms. The Morgan fingerprint density at radius 1 is 1.43 bits per heavy atom. The number of halogens is 2. The second-order valence-corrected chi connectivity index (χ2v) is 5.01. The van der Waals surface area contributed by atoms with Crippen molar-refractivity contribution >= 4 is 40.5 Å². The van der Waals surface area contributed by atoms with E-state index in [-0.39, 0.29) is 27.3 Å². The maximum atomic E-state index is 11.8. The lowest BCUT2D eigenvalue weighted by molar-refractivity contribution is -0.384. The average molecular weight is 336 g/mol. The van der Waals surface area contributed by atoms with Gasteiger partial charge in [-0.05, 0) is 6.92 Å². The third-order valence-corrected chi connectivity index (χ3v) is 3.19. The van der Waals surface area contributed by atoms with Gasteiger partial charge in [0.2, 0.25) is 5.91 Å². The molecule has 1 amide bonds. The zero-order chi connectivity index (χ0) is 16.0. The van der Waals surface area contributed by atoms with E-state index < -0.39 is 11.0 Å². The summed E-state index contributed by atoms with van der Waals surface area (Å²) in [6.07, 6.45) is 0. The monoisotopic (exact) mass is 335 g/mol. The number of nitro benzene ring substituents is 1. The van der Waals surface area contributed by atoms with Gasteiger partial charge in [-0.15, -0.1) is 0 Å². The standard InChI is InChI=1S/C12H15Cl2N3O4/c1-7(12(18)15-3-4-21-2)16-11-9(13)5-8(17(19)20)6-10(11)14/h5-7,16H,3-4H2,1-2H3,(H,15,18). The van der Waals surface area contributed by atoms with Crippen LogP contribution < -0.4 is 10.6 Å².